The first-order chi connectivity index (χ1) is 37.7. The Labute approximate surface area is 452 Å². The van der Waals surface area contributed by atoms with E-state index in [9.17, 15) is 38.4 Å². The topological polar surface area (TPSA) is 256 Å². The van der Waals surface area contributed by atoms with Gasteiger partial charge in [0.1, 0.15) is 23.0 Å². The van der Waals surface area contributed by atoms with Crippen molar-refractivity contribution in [2.24, 2.45) is 33.8 Å². The van der Waals surface area contributed by atoms with Crippen molar-refractivity contribution in [1.82, 2.24) is 5.43 Å². The molecule has 21 heteroatoms. The van der Waals surface area contributed by atoms with Gasteiger partial charge in [0, 0.05) is 48.3 Å². The van der Waals surface area contributed by atoms with E-state index in [1.807, 2.05) is 18.2 Å². The van der Waals surface area contributed by atoms with Crippen molar-refractivity contribution in [1.29, 1.82) is 0 Å². The Morgan fingerprint density at radius 3 is 1.59 bits per heavy atom. The number of nitrogens with one attached hydrogen (secondary N) is 1. The average molecular weight is 1090 g/mol. The number of ketones is 1. The molecule has 0 bridgehead atoms. The molecule has 3 aromatic rings. The average Bonchev–Trinajstić information content (AvgIpc) is 3.87. The largest absolute Gasteiger partial charge is 0.453 e. The number of esters is 7. The van der Waals surface area contributed by atoms with Crippen molar-refractivity contribution in [3.05, 3.63) is 141 Å². The number of carbonyl (C=O) groups is 8. The summed E-state index contributed by atoms with van der Waals surface area (Å²) >= 11 is 1.51. The predicted molar refractivity (Wildman–Crippen MR) is 283 cm³/mol. The van der Waals surface area contributed by atoms with E-state index in [-0.39, 0.29) is 69.7 Å². The molecule has 2 saturated carbocycles. The van der Waals surface area contributed by atoms with Gasteiger partial charge in [0.2, 0.25) is 13.6 Å². The standard InChI is InChI=1S/C57H55N3O17S/c1-5-50(62)71-32-69-47-28-34(13-24-45(47)75-52(64)7-3)27-43(61)35-14-16-38(17-15-35)56(68)77-44-25-22-40(29-39(44)31-58-60-57-59-42-11-9-10-12-49(42)78-57)73-54(66)36-18-20-37(21-19-36)55(67)74-41-23-26-46(76-53(65)8-4)48(30-41)70-33-72-51(63)6-2/h5-13,22-26,28-31,35-38,42,49H,1-4,14-21,27,32-33H2,(H,59,60)/b58-31+. The summed E-state index contributed by atoms with van der Waals surface area (Å²) in [6, 6.07) is 13.2. The minimum Gasteiger partial charge on any atom is -0.453 e. The Bertz CT molecular complexity index is 2960. The highest BCUT2D eigenvalue weighted by Gasteiger charge is 2.34. The molecule has 7 rings (SSSR count). The van der Waals surface area contributed by atoms with Crippen molar-refractivity contribution < 1.29 is 81.0 Å². The summed E-state index contributed by atoms with van der Waals surface area (Å²) in [7, 11) is 0. The van der Waals surface area contributed by atoms with Gasteiger partial charge in [-0.15, -0.1) is 0 Å². The molecule has 4 aliphatic rings. The Kier molecular flexibility index (Phi) is 20.3. The summed E-state index contributed by atoms with van der Waals surface area (Å²) in [6.07, 6.45) is 16.1. The SMILES string of the molecule is C=CC(=O)OCOc1cc(CC(=O)C2CCC(C(=O)Oc3ccc(OC(=O)C4CCC(C(=O)Oc5ccc(OC(=O)C=C)c(OCOC(=O)C=C)c5)CC4)cc3/C=N/NC3=NC4C=CC=CC4S3)CC2)ccc1OC(=O)C=C. The second-order valence-corrected chi connectivity index (χ2v) is 19.0. The normalized spacial score (nSPS) is 20.0. The number of hydrazone groups is 1. The van der Waals surface area contributed by atoms with Crippen LogP contribution in [0.2, 0.25) is 0 Å². The van der Waals surface area contributed by atoms with Gasteiger partial charge in [0.25, 0.3) is 0 Å². The van der Waals surface area contributed by atoms with E-state index in [2.05, 4.69) is 47.9 Å². The molecule has 1 heterocycles. The van der Waals surface area contributed by atoms with Crippen molar-refractivity contribution in [2.45, 2.75) is 69.1 Å². The molecular weight excluding hydrogens is 1030 g/mol. The highest BCUT2D eigenvalue weighted by Crippen LogP contribution is 2.37. The molecule has 0 saturated heterocycles. The number of hydrogen-bond acceptors (Lipinski definition) is 21. The summed E-state index contributed by atoms with van der Waals surface area (Å²) in [5, 5.41) is 5.10. The summed E-state index contributed by atoms with van der Waals surface area (Å²) in [5.41, 5.74) is 3.84. The molecule has 0 amide bonds. The molecule has 1 aliphatic heterocycles. The third-order valence-corrected chi connectivity index (χ3v) is 13.8. The zero-order chi connectivity index (χ0) is 55.6. The lowest BCUT2D eigenvalue weighted by molar-refractivity contribution is -0.145. The zero-order valence-electron chi connectivity index (χ0n) is 42.2. The van der Waals surface area contributed by atoms with E-state index >= 15 is 0 Å². The number of ether oxygens (including phenoxy) is 9. The number of allylic oxidation sites excluding steroid dienone is 2. The number of benzene rings is 3. The van der Waals surface area contributed by atoms with Crippen molar-refractivity contribution >= 4 is 70.7 Å². The van der Waals surface area contributed by atoms with Crippen molar-refractivity contribution in [2.75, 3.05) is 13.6 Å². The van der Waals surface area contributed by atoms with Crippen LogP contribution in [0.15, 0.2) is 140 Å². The Hall–Kier alpha value is -8.85. The van der Waals surface area contributed by atoms with Crippen LogP contribution in [0.1, 0.15) is 62.5 Å². The molecule has 2 fully saturated rings. The Morgan fingerprint density at radius 2 is 1.04 bits per heavy atom. The van der Waals surface area contributed by atoms with Gasteiger partial charge in [-0.05, 0) is 99.4 Å². The molecule has 0 spiro atoms. The fourth-order valence-electron chi connectivity index (χ4n) is 8.57. The number of nitrogens with zero attached hydrogens (tertiary/aromatic N) is 2. The first-order valence-electron chi connectivity index (χ1n) is 24.7. The van der Waals surface area contributed by atoms with Gasteiger partial charge >= 0.3 is 41.8 Å². The van der Waals surface area contributed by atoms with Crippen LogP contribution in [0.4, 0.5) is 0 Å². The maximum absolute atomic E-state index is 13.8. The van der Waals surface area contributed by atoms with Gasteiger partial charge in [0.05, 0.1) is 35.3 Å². The molecule has 0 radical (unpaired) electrons. The zero-order valence-corrected chi connectivity index (χ0v) is 43.0. The van der Waals surface area contributed by atoms with E-state index in [0.29, 0.717) is 67.7 Å². The van der Waals surface area contributed by atoms with Gasteiger partial charge in [-0.1, -0.05) is 68.4 Å². The number of aliphatic imine (C=N–C) groups is 1. The number of thioether (sulfide) groups is 1. The second kappa shape index (κ2) is 27.8. The third-order valence-electron chi connectivity index (χ3n) is 12.7. The van der Waals surface area contributed by atoms with Crippen LogP contribution in [0.3, 0.4) is 0 Å². The van der Waals surface area contributed by atoms with Crippen LogP contribution in [-0.2, 0) is 54.3 Å². The smallest absolute Gasteiger partial charge is 0.335 e. The summed E-state index contributed by atoms with van der Waals surface area (Å²) < 4.78 is 48.7. The van der Waals surface area contributed by atoms with Crippen LogP contribution in [0.5, 0.6) is 40.2 Å². The fourth-order valence-corrected chi connectivity index (χ4v) is 9.58. The van der Waals surface area contributed by atoms with E-state index in [4.69, 9.17) is 42.6 Å². The molecule has 3 aliphatic carbocycles. The van der Waals surface area contributed by atoms with Crippen LogP contribution in [0.25, 0.3) is 0 Å². The maximum atomic E-state index is 13.8. The van der Waals surface area contributed by atoms with Crippen LogP contribution < -0.4 is 38.6 Å². The predicted octanol–water partition coefficient (Wildman–Crippen LogP) is 7.73. The minimum absolute atomic E-state index is 0.0233. The molecule has 3 aromatic carbocycles. The lowest BCUT2D eigenvalue weighted by atomic mass is 9.79. The Morgan fingerprint density at radius 1 is 0.551 bits per heavy atom. The number of Topliss-reactive ketones (excluding diaryl/α,β-unsaturated/α-hetero) is 1. The van der Waals surface area contributed by atoms with Gasteiger partial charge in [-0.3, -0.25) is 29.6 Å². The third kappa shape index (κ3) is 16.1. The molecular formula is C57H55N3O17S. The molecule has 406 valence electrons. The number of hydrogen-bond donors (Lipinski definition) is 1. The highest BCUT2D eigenvalue weighted by molar-refractivity contribution is 8.14. The van der Waals surface area contributed by atoms with E-state index in [1.165, 1.54) is 66.5 Å². The molecule has 2 unspecified atom stereocenters. The molecule has 20 nitrogen and oxygen atoms in total. The maximum Gasteiger partial charge on any atom is 0.335 e. The highest BCUT2D eigenvalue weighted by atomic mass is 32.2. The summed E-state index contributed by atoms with van der Waals surface area (Å²) in [5.74, 6) is -6.18. The summed E-state index contributed by atoms with van der Waals surface area (Å²) in [4.78, 5) is 106. The lowest BCUT2D eigenvalue weighted by Gasteiger charge is -2.26. The fraction of sp³-hybridized carbons (Fsp3) is 0.298. The first-order valence-corrected chi connectivity index (χ1v) is 25.6. The summed E-state index contributed by atoms with van der Waals surface area (Å²) in [6.45, 7) is 12.4. The molecule has 0 aromatic heterocycles. The van der Waals surface area contributed by atoms with Crippen LogP contribution >= 0.6 is 11.8 Å². The Balaban J connectivity index is 0.950. The van der Waals surface area contributed by atoms with Crippen molar-refractivity contribution in [3.63, 3.8) is 0 Å². The number of rotatable bonds is 23. The number of fused-ring (bicyclic) bond motifs is 1. The molecule has 78 heavy (non-hydrogen) atoms. The minimum atomic E-state index is -0.777. The molecule has 1 N–H and O–H groups in total. The van der Waals surface area contributed by atoms with Gasteiger partial charge in [0.15, 0.2) is 28.2 Å². The first kappa shape index (κ1) is 56.9. The van der Waals surface area contributed by atoms with Gasteiger partial charge in [-0.2, -0.15) is 5.10 Å². The molecule has 2 atom stereocenters. The number of amidine groups is 1. The second-order valence-electron chi connectivity index (χ2n) is 17.8. The van der Waals surface area contributed by atoms with Crippen LogP contribution in [-0.4, -0.2) is 83.8 Å². The van der Waals surface area contributed by atoms with E-state index in [1.54, 1.807) is 6.07 Å². The number of carbonyl (C=O) groups excluding carboxylic acids is 8. The monoisotopic (exact) mass is 1090 g/mol. The van der Waals surface area contributed by atoms with E-state index in [0.717, 1.165) is 24.3 Å². The van der Waals surface area contributed by atoms with E-state index < -0.39 is 73.1 Å². The van der Waals surface area contributed by atoms with Crippen molar-refractivity contribution in [3.8, 4) is 40.2 Å². The van der Waals surface area contributed by atoms with Gasteiger partial charge in [-0.25, -0.2) is 19.2 Å². The van der Waals surface area contributed by atoms with Gasteiger partial charge < -0.3 is 42.6 Å². The van der Waals surface area contributed by atoms with Crippen LogP contribution in [0, 0.1) is 23.7 Å². The quantitative estimate of drug-likeness (QED) is 0.0238. The lowest BCUT2D eigenvalue weighted by Crippen LogP contribution is -2.30.